The Labute approximate surface area is 180 Å². The minimum absolute atomic E-state index is 0.0546. The van der Waals surface area contributed by atoms with Gasteiger partial charge < -0.3 is 15.5 Å². The normalized spacial score (nSPS) is 13.6. The van der Waals surface area contributed by atoms with E-state index in [0.29, 0.717) is 24.5 Å². The zero-order chi connectivity index (χ0) is 22.4. The Kier molecular flexibility index (Phi) is 7.03. The average Bonchev–Trinajstić information content (AvgIpc) is 3.29. The third-order valence-electron chi connectivity index (χ3n) is 4.71. The Morgan fingerprint density at radius 3 is 2.35 bits per heavy atom. The van der Waals surface area contributed by atoms with Crippen molar-refractivity contribution in [1.82, 2.24) is 9.62 Å². The second kappa shape index (κ2) is 9.71. The van der Waals surface area contributed by atoms with Crippen molar-refractivity contribution in [2.45, 2.75) is 17.7 Å². The maximum absolute atomic E-state index is 14.1. The summed E-state index contributed by atoms with van der Waals surface area (Å²) in [4.78, 5) is 26.2. The van der Waals surface area contributed by atoms with Crippen LogP contribution >= 0.6 is 0 Å². The lowest BCUT2D eigenvalue weighted by Crippen LogP contribution is -2.32. The van der Waals surface area contributed by atoms with Gasteiger partial charge in [-0.15, -0.1) is 6.58 Å². The monoisotopic (exact) mass is 446 g/mol. The minimum atomic E-state index is -4.15. The van der Waals surface area contributed by atoms with E-state index in [1.807, 2.05) is 0 Å². The third kappa shape index (κ3) is 5.47. The average molecular weight is 447 g/mol. The Bertz CT molecular complexity index is 1100. The van der Waals surface area contributed by atoms with E-state index in [-0.39, 0.29) is 18.1 Å². The van der Waals surface area contributed by atoms with E-state index in [2.05, 4.69) is 21.9 Å². The van der Waals surface area contributed by atoms with Crippen LogP contribution in [0.1, 0.15) is 23.2 Å². The standard InChI is InChI=1S/C21H23FN4O4S/c1-2-11-23-31(29,30)19-14-15(9-10-16(19)22)20(27)24-17-7-3-4-8-18(17)25-21(28)26-12-5-6-13-26/h2-4,7-10,14,23H,1,5-6,11-13H2,(H,24,27)(H,25,28). The van der Waals surface area contributed by atoms with Crippen LogP contribution in [-0.4, -0.2) is 44.9 Å². The summed E-state index contributed by atoms with van der Waals surface area (Å²) in [5.41, 5.74) is 0.676. The highest BCUT2D eigenvalue weighted by Crippen LogP contribution is 2.24. The second-order valence-electron chi connectivity index (χ2n) is 6.91. The van der Waals surface area contributed by atoms with Crippen LogP contribution in [0.2, 0.25) is 0 Å². The van der Waals surface area contributed by atoms with Gasteiger partial charge in [-0.3, -0.25) is 4.79 Å². The molecule has 8 nitrogen and oxygen atoms in total. The number of halogens is 1. The first kappa shape index (κ1) is 22.4. The maximum Gasteiger partial charge on any atom is 0.321 e. The summed E-state index contributed by atoms with van der Waals surface area (Å²) in [7, 11) is -4.15. The Balaban J connectivity index is 1.80. The molecule has 1 saturated heterocycles. The Morgan fingerprint density at radius 2 is 1.71 bits per heavy atom. The highest BCUT2D eigenvalue weighted by Gasteiger charge is 2.22. The molecule has 1 heterocycles. The number of carbonyl (C=O) groups is 2. The first-order valence-corrected chi connectivity index (χ1v) is 11.2. The first-order valence-electron chi connectivity index (χ1n) is 9.68. The van der Waals surface area contributed by atoms with E-state index >= 15 is 0 Å². The van der Waals surface area contributed by atoms with Crippen molar-refractivity contribution < 1.29 is 22.4 Å². The first-order chi connectivity index (χ1) is 14.8. The molecule has 1 fully saturated rings. The van der Waals surface area contributed by atoms with E-state index in [4.69, 9.17) is 0 Å². The molecule has 0 aliphatic carbocycles. The summed E-state index contributed by atoms with van der Waals surface area (Å²) in [6.45, 7) is 4.67. The molecule has 0 saturated carbocycles. The summed E-state index contributed by atoms with van der Waals surface area (Å²) in [6, 6.07) is 9.43. The Morgan fingerprint density at radius 1 is 1.06 bits per heavy atom. The highest BCUT2D eigenvalue weighted by molar-refractivity contribution is 7.89. The van der Waals surface area contributed by atoms with Crippen molar-refractivity contribution in [3.05, 3.63) is 66.5 Å². The number of nitrogens with one attached hydrogen (secondary N) is 3. The smallest absolute Gasteiger partial charge is 0.321 e. The predicted octanol–water partition coefficient (Wildman–Crippen LogP) is 3.17. The zero-order valence-electron chi connectivity index (χ0n) is 16.7. The number of sulfonamides is 1. The molecule has 0 bridgehead atoms. The fourth-order valence-electron chi connectivity index (χ4n) is 3.11. The highest BCUT2D eigenvalue weighted by atomic mass is 32.2. The number of carbonyl (C=O) groups excluding carboxylic acids is 2. The van der Waals surface area contributed by atoms with Crippen LogP contribution in [0.15, 0.2) is 60.0 Å². The molecule has 31 heavy (non-hydrogen) atoms. The van der Waals surface area contributed by atoms with E-state index in [1.165, 1.54) is 12.1 Å². The van der Waals surface area contributed by atoms with Gasteiger partial charge in [0.25, 0.3) is 5.91 Å². The third-order valence-corrected chi connectivity index (χ3v) is 6.15. The molecule has 0 radical (unpaired) electrons. The predicted molar refractivity (Wildman–Crippen MR) is 116 cm³/mol. The van der Waals surface area contributed by atoms with Gasteiger partial charge in [-0.1, -0.05) is 18.2 Å². The number of benzene rings is 2. The molecule has 164 valence electrons. The molecule has 2 aromatic carbocycles. The molecule has 3 amide bonds. The van der Waals surface area contributed by atoms with Gasteiger partial charge in [0, 0.05) is 25.2 Å². The van der Waals surface area contributed by atoms with E-state index in [1.54, 1.807) is 29.2 Å². The van der Waals surface area contributed by atoms with Crippen molar-refractivity contribution in [3.8, 4) is 0 Å². The van der Waals surface area contributed by atoms with Gasteiger partial charge in [0.05, 0.1) is 11.4 Å². The number of para-hydroxylation sites is 2. The summed E-state index contributed by atoms with van der Waals surface area (Å²) in [5, 5.41) is 5.41. The SMILES string of the molecule is C=CCNS(=O)(=O)c1cc(C(=O)Nc2ccccc2NC(=O)N2CCCC2)ccc1F. The number of hydrogen-bond donors (Lipinski definition) is 3. The summed E-state index contributed by atoms with van der Waals surface area (Å²) in [5.74, 6) is -1.63. The number of nitrogens with zero attached hydrogens (tertiary/aromatic N) is 1. The molecule has 0 spiro atoms. The molecule has 1 aliphatic heterocycles. The van der Waals surface area contributed by atoms with Gasteiger partial charge in [0.1, 0.15) is 10.7 Å². The van der Waals surface area contributed by atoms with Crippen LogP contribution in [0.4, 0.5) is 20.6 Å². The molecule has 0 unspecified atom stereocenters. The quantitative estimate of drug-likeness (QED) is 0.568. The molecule has 1 aliphatic rings. The molecule has 0 aromatic heterocycles. The van der Waals surface area contributed by atoms with Crippen LogP contribution in [-0.2, 0) is 10.0 Å². The maximum atomic E-state index is 14.1. The number of urea groups is 1. The lowest BCUT2D eigenvalue weighted by atomic mass is 10.2. The van der Waals surface area contributed by atoms with Crippen LogP contribution in [0.25, 0.3) is 0 Å². The molecule has 3 N–H and O–H groups in total. The van der Waals surface area contributed by atoms with E-state index < -0.39 is 26.6 Å². The van der Waals surface area contributed by atoms with Crippen LogP contribution < -0.4 is 15.4 Å². The number of likely N-dealkylation sites (tertiary alicyclic amines) is 1. The molecule has 2 aromatic rings. The minimum Gasteiger partial charge on any atom is -0.325 e. The van der Waals surface area contributed by atoms with Gasteiger partial charge in [0.15, 0.2) is 0 Å². The molecule has 3 rings (SSSR count). The van der Waals surface area contributed by atoms with Crippen molar-refractivity contribution in [1.29, 1.82) is 0 Å². The van der Waals surface area contributed by atoms with Gasteiger partial charge in [0.2, 0.25) is 10.0 Å². The zero-order valence-corrected chi connectivity index (χ0v) is 17.5. The van der Waals surface area contributed by atoms with Crippen LogP contribution in [0.3, 0.4) is 0 Å². The van der Waals surface area contributed by atoms with E-state index in [0.717, 1.165) is 25.0 Å². The number of rotatable bonds is 7. The number of hydrogen-bond acceptors (Lipinski definition) is 4. The second-order valence-corrected chi connectivity index (χ2v) is 8.65. The van der Waals surface area contributed by atoms with Crippen molar-refractivity contribution in [2.24, 2.45) is 0 Å². The van der Waals surface area contributed by atoms with Crippen LogP contribution in [0.5, 0.6) is 0 Å². The van der Waals surface area contributed by atoms with Crippen molar-refractivity contribution in [3.63, 3.8) is 0 Å². The molecular formula is C21H23FN4O4S. The summed E-state index contributed by atoms with van der Waals surface area (Å²) in [6.07, 6.45) is 3.21. The molecular weight excluding hydrogens is 423 g/mol. The number of anilines is 2. The Hall–Kier alpha value is -3.24. The van der Waals surface area contributed by atoms with Gasteiger partial charge >= 0.3 is 6.03 Å². The molecule has 0 atom stereocenters. The van der Waals surface area contributed by atoms with Crippen molar-refractivity contribution >= 4 is 33.3 Å². The fourth-order valence-corrected chi connectivity index (χ4v) is 4.21. The lowest BCUT2D eigenvalue weighted by molar-refractivity contribution is 0.102. The van der Waals surface area contributed by atoms with Gasteiger partial charge in [-0.25, -0.2) is 22.3 Å². The summed E-state index contributed by atoms with van der Waals surface area (Å²) >= 11 is 0. The van der Waals surface area contributed by atoms with Gasteiger partial charge in [-0.2, -0.15) is 0 Å². The van der Waals surface area contributed by atoms with Crippen LogP contribution in [0, 0.1) is 5.82 Å². The topological polar surface area (TPSA) is 108 Å². The largest absolute Gasteiger partial charge is 0.325 e. The van der Waals surface area contributed by atoms with Gasteiger partial charge in [-0.05, 0) is 43.2 Å². The fraction of sp³-hybridized carbons (Fsp3) is 0.238. The number of amides is 3. The lowest BCUT2D eigenvalue weighted by Gasteiger charge is -2.18. The molecule has 10 heteroatoms. The van der Waals surface area contributed by atoms with Crippen molar-refractivity contribution in [2.75, 3.05) is 30.3 Å². The summed E-state index contributed by atoms with van der Waals surface area (Å²) < 4.78 is 40.8. The van der Waals surface area contributed by atoms with E-state index in [9.17, 15) is 22.4 Å².